The summed E-state index contributed by atoms with van der Waals surface area (Å²) in [6.07, 6.45) is 5.04. The van der Waals surface area contributed by atoms with Gasteiger partial charge in [-0.25, -0.2) is 9.13 Å². The van der Waals surface area contributed by atoms with Gasteiger partial charge in [0.2, 0.25) is 0 Å². The summed E-state index contributed by atoms with van der Waals surface area (Å²) in [6.45, 7) is 7.73. The van der Waals surface area contributed by atoms with Crippen molar-refractivity contribution in [2.75, 3.05) is 23.7 Å². The second-order valence-electron chi connectivity index (χ2n) is 7.64. The van der Waals surface area contributed by atoms with Crippen molar-refractivity contribution < 1.29 is 33.9 Å². The maximum absolute atomic E-state index is 4.35. The Morgan fingerprint density at radius 1 is 0.622 bits per heavy atom. The number of azo groups is 2. The molecule has 37 heavy (non-hydrogen) atoms. The molecule has 0 bridgehead atoms. The monoisotopic (exact) mass is 576 g/mol. The van der Waals surface area contributed by atoms with Crippen LogP contribution in [0.3, 0.4) is 0 Å². The van der Waals surface area contributed by atoms with Gasteiger partial charge in [0, 0.05) is 35.2 Å². The van der Waals surface area contributed by atoms with Crippen LogP contribution in [0.1, 0.15) is 20.3 Å². The number of hydrogen-bond acceptors (Lipinski definition) is 8. The van der Waals surface area contributed by atoms with Crippen molar-refractivity contribution in [2.45, 2.75) is 33.4 Å². The number of thiazole rings is 2. The number of nitrogens with zero attached hydrogens (tertiary/aromatic N) is 6. The number of anilines is 2. The highest BCUT2D eigenvalue weighted by atomic mass is 35.5. The van der Waals surface area contributed by atoms with Gasteiger partial charge in [0.1, 0.15) is 23.8 Å². The Bertz CT molecular complexity index is 1160. The Labute approximate surface area is 238 Å². The lowest BCUT2D eigenvalue weighted by Crippen LogP contribution is -3.00. The summed E-state index contributed by atoms with van der Waals surface area (Å²) in [5.41, 5.74) is 3.84. The first-order valence-corrected chi connectivity index (χ1v) is 13.5. The van der Waals surface area contributed by atoms with Gasteiger partial charge in [-0.3, -0.25) is 0 Å². The summed E-state index contributed by atoms with van der Waals surface area (Å²) in [6, 6.07) is 16.1. The van der Waals surface area contributed by atoms with Crippen LogP contribution in [0, 0.1) is 0 Å². The first-order chi connectivity index (χ1) is 17.2. The second-order valence-corrected chi connectivity index (χ2v) is 9.39. The second kappa shape index (κ2) is 16.0. The molecule has 0 saturated carbocycles. The largest absolute Gasteiger partial charge is 1.00 e. The minimum atomic E-state index is 0. The van der Waals surface area contributed by atoms with E-state index in [2.05, 4.69) is 54.1 Å². The van der Waals surface area contributed by atoms with E-state index in [1.54, 1.807) is 22.7 Å². The van der Waals surface area contributed by atoms with Crippen LogP contribution in [0.15, 0.2) is 92.1 Å². The lowest BCUT2D eigenvalue weighted by atomic mass is 10.2. The molecule has 0 aliphatic heterocycles. The molecule has 0 radical (unpaired) electrons. The minimum Gasteiger partial charge on any atom is -1.00 e. The molecule has 0 spiro atoms. The average molecular weight is 578 g/mol. The molecule has 4 rings (SSSR count). The lowest BCUT2D eigenvalue weighted by molar-refractivity contribution is -0.677. The van der Waals surface area contributed by atoms with Crippen LogP contribution in [0.4, 0.5) is 33.0 Å². The van der Waals surface area contributed by atoms with E-state index in [0.29, 0.717) is 0 Å². The topological polar surface area (TPSA) is 81.3 Å². The SMILES string of the molecule is CC[n+]1ccsc1/N=N/c1ccc(NCCCNc2ccc(/N=N/c3scc[n+]3CC)cc2)cc1.[Cl-].[Cl-]. The van der Waals surface area contributed by atoms with Crippen molar-refractivity contribution in [2.24, 2.45) is 20.5 Å². The average Bonchev–Trinajstić information content (AvgIpc) is 3.56. The van der Waals surface area contributed by atoms with Crippen molar-refractivity contribution in [3.05, 3.63) is 71.7 Å². The molecule has 2 aromatic heterocycles. The fourth-order valence-corrected chi connectivity index (χ4v) is 4.77. The molecule has 0 atom stereocenters. The van der Waals surface area contributed by atoms with Crippen molar-refractivity contribution in [3.8, 4) is 0 Å². The molecule has 0 aliphatic carbocycles. The highest BCUT2D eigenvalue weighted by molar-refractivity contribution is 7.13. The Morgan fingerprint density at radius 3 is 1.41 bits per heavy atom. The van der Waals surface area contributed by atoms with Crippen molar-refractivity contribution in [3.63, 3.8) is 0 Å². The van der Waals surface area contributed by atoms with Crippen LogP contribution in [-0.4, -0.2) is 13.1 Å². The smallest absolute Gasteiger partial charge is 0.408 e. The van der Waals surface area contributed by atoms with Gasteiger partial charge in [0.05, 0.1) is 23.3 Å². The van der Waals surface area contributed by atoms with E-state index < -0.39 is 0 Å². The van der Waals surface area contributed by atoms with E-state index in [-0.39, 0.29) is 24.8 Å². The highest BCUT2D eigenvalue weighted by Crippen LogP contribution is 2.22. The van der Waals surface area contributed by atoms with E-state index >= 15 is 0 Å². The number of halogens is 2. The molecule has 0 fully saturated rings. The Balaban J connectivity index is 0.00000241. The molecule has 8 nitrogen and oxygen atoms in total. The summed E-state index contributed by atoms with van der Waals surface area (Å²) < 4.78 is 4.15. The number of benzene rings is 2. The molecule has 2 heterocycles. The normalized spacial score (nSPS) is 10.9. The molecular formula is C25H30Cl2N8S2. The summed E-state index contributed by atoms with van der Waals surface area (Å²) in [5, 5.41) is 30.2. The Morgan fingerprint density at radius 2 is 1.03 bits per heavy atom. The van der Waals surface area contributed by atoms with Gasteiger partial charge in [-0.1, -0.05) is 0 Å². The minimum absolute atomic E-state index is 0. The van der Waals surface area contributed by atoms with E-state index in [0.717, 1.165) is 65.6 Å². The lowest BCUT2D eigenvalue weighted by Gasteiger charge is -2.08. The standard InChI is InChI=1S/C25H28N8S2.2ClH/c1-3-32-16-18-34-24(32)30-28-22-10-6-20(7-11-22)26-14-5-15-27-21-8-12-23(13-9-21)29-31-25-33(4-2)17-19-35-25;;/h6-13,16-19H,3-5,14-15H2,1-2H3;2*1H. The fourth-order valence-electron chi connectivity index (χ4n) is 3.28. The fraction of sp³-hybridized carbons (Fsp3) is 0.280. The van der Waals surface area contributed by atoms with Gasteiger partial charge >= 0.3 is 10.3 Å². The molecule has 196 valence electrons. The molecular weight excluding hydrogens is 547 g/mol. The number of nitrogens with one attached hydrogen (secondary N) is 2. The number of aromatic nitrogens is 2. The van der Waals surface area contributed by atoms with Crippen LogP contribution in [0.5, 0.6) is 0 Å². The van der Waals surface area contributed by atoms with Crippen molar-refractivity contribution >= 4 is 55.7 Å². The van der Waals surface area contributed by atoms with Gasteiger partial charge in [0.25, 0.3) is 0 Å². The van der Waals surface area contributed by atoms with Gasteiger partial charge < -0.3 is 35.4 Å². The summed E-state index contributed by atoms with van der Waals surface area (Å²) in [4.78, 5) is 0. The maximum atomic E-state index is 4.35. The first-order valence-electron chi connectivity index (χ1n) is 11.7. The number of hydrogen-bond donors (Lipinski definition) is 2. The zero-order valence-corrected chi connectivity index (χ0v) is 23.9. The zero-order chi connectivity index (χ0) is 24.3. The third-order valence-corrected chi connectivity index (χ3v) is 6.82. The van der Waals surface area contributed by atoms with Crippen molar-refractivity contribution in [1.82, 2.24) is 0 Å². The zero-order valence-electron chi connectivity index (χ0n) is 20.7. The number of rotatable bonds is 12. The third kappa shape index (κ3) is 9.15. The first kappa shape index (κ1) is 30.3. The van der Waals surface area contributed by atoms with E-state index in [1.807, 2.05) is 71.7 Å². The number of aryl methyl sites for hydroxylation is 2. The van der Waals surface area contributed by atoms with Crippen LogP contribution in [0.25, 0.3) is 0 Å². The van der Waals surface area contributed by atoms with Crippen LogP contribution >= 0.6 is 22.7 Å². The van der Waals surface area contributed by atoms with E-state index in [4.69, 9.17) is 0 Å². The van der Waals surface area contributed by atoms with Crippen LogP contribution in [0.2, 0.25) is 0 Å². The molecule has 12 heteroatoms. The quantitative estimate of drug-likeness (QED) is 0.151. The summed E-state index contributed by atoms with van der Waals surface area (Å²) >= 11 is 3.18. The molecule has 2 aromatic carbocycles. The molecule has 2 N–H and O–H groups in total. The molecule has 0 saturated heterocycles. The Kier molecular flexibility index (Phi) is 13.1. The molecule has 0 amide bonds. The highest BCUT2D eigenvalue weighted by Gasteiger charge is 2.10. The Hall–Kier alpha value is -2.92. The van der Waals surface area contributed by atoms with Crippen LogP contribution < -0.4 is 44.6 Å². The third-order valence-electron chi connectivity index (χ3n) is 5.25. The predicted molar refractivity (Wildman–Crippen MR) is 143 cm³/mol. The van der Waals surface area contributed by atoms with Crippen LogP contribution in [-0.2, 0) is 13.1 Å². The summed E-state index contributed by atoms with van der Waals surface area (Å²) in [5.74, 6) is 0. The van der Waals surface area contributed by atoms with Crippen molar-refractivity contribution in [1.29, 1.82) is 0 Å². The molecule has 0 aliphatic rings. The van der Waals surface area contributed by atoms with Gasteiger partial charge in [-0.2, -0.15) is 0 Å². The predicted octanol–water partition coefficient (Wildman–Crippen LogP) is 1.18. The van der Waals surface area contributed by atoms with Gasteiger partial charge in [-0.05, 0) is 102 Å². The molecule has 4 aromatic rings. The van der Waals surface area contributed by atoms with E-state index in [9.17, 15) is 0 Å². The van der Waals surface area contributed by atoms with Gasteiger partial charge in [0.15, 0.2) is 0 Å². The van der Waals surface area contributed by atoms with E-state index in [1.165, 1.54) is 0 Å². The molecule has 0 unspecified atom stereocenters. The van der Waals surface area contributed by atoms with Gasteiger partial charge in [-0.15, -0.1) is 0 Å². The maximum Gasteiger partial charge on any atom is 0.408 e. The summed E-state index contributed by atoms with van der Waals surface area (Å²) in [7, 11) is 0.